The standard InChI is InChI=1S/C60H69BN2O/c1-15-19-49-53-38(3)62(50-36-47-46(59(11,12)30-31-60(47,13)14)35-42(50)39-20-17-16-18-21-39)51-32-37(2)22-26-48(51)61(53)55-54(43-33-40(56(4,5)6)23-27-52(43)64-55)63(49)41-24-25-44-45(34-41)58(9,10)29-28-57(44,7)8/h16-27,32-36H,15,28-31H2,1-14H3/b49-19+. The van der Waals surface area contributed by atoms with Crippen LogP contribution in [-0.4, -0.2) is 6.71 Å². The van der Waals surface area contributed by atoms with Crippen LogP contribution < -0.4 is 20.9 Å². The van der Waals surface area contributed by atoms with Crippen LogP contribution >= 0.6 is 0 Å². The van der Waals surface area contributed by atoms with Crippen molar-refractivity contribution in [3.8, 4) is 11.1 Å². The molecule has 2 aliphatic heterocycles. The van der Waals surface area contributed by atoms with E-state index in [1.165, 1.54) is 114 Å². The zero-order valence-corrected chi connectivity index (χ0v) is 41.2. The van der Waals surface area contributed by atoms with Crippen molar-refractivity contribution >= 4 is 51.6 Å². The molecule has 5 aromatic carbocycles. The highest BCUT2D eigenvalue weighted by atomic mass is 16.3. The zero-order chi connectivity index (χ0) is 45.5. The van der Waals surface area contributed by atoms with Crippen LogP contribution in [0.1, 0.15) is 155 Å². The van der Waals surface area contributed by atoms with Gasteiger partial charge in [0.05, 0.1) is 17.0 Å². The normalized spacial score (nSPS) is 19.9. The first-order valence-electron chi connectivity index (χ1n) is 24.2. The van der Waals surface area contributed by atoms with Gasteiger partial charge in [-0.05, 0) is 165 Å². The van der Waals surface area contributed by atoms with Crippen LogP contribution in [0.25, 0.3) is 22.1 Å². The van der Waals surface area contributed by atoms with Gasteiger partial charge in [-0.3, -0.25) is 0 Å². The number of anilines is 4. The van der Waals surface area contributed by atoms with E-state index in [1.807, 2.05) is 0 Å². The Hall–Kier alpha value is -5.22. The van der Waals surface area contributed by atoms with Crippen molar-refractivity contribution in [1.82, 2.24) is 0 Å². The molecule has 0 bridgehead atoms. The zero-order valence-electron chi connectivity index (χ0n) is 41.2. The van der Waals surface area contributed by atoms with Crippen molar-refractivity contribution in [2.24, 2.45) is 0 Å². The molecule has 3 heterocycles. The molecule has 0 amide bonds. The Morgan fingerprint density at radius 1 is 0.641 bits per heavy atom. The smallest absolute Gasteiger partial charge is 0.296 e. The fraction of sp³-hybridized carbons (Fsp3) is 0.400. The van der Waals surface area contributed by atoms with Crippen LogP contribution in [0.4, 0.5) is 22.7 Å². The third-order valence-electron chi connectivity index (χ3n) is 16.1. The number of fused-ring (bicyclic) bond motifs is 9. The van der Waals surface area contributed by atoms with Gasteiger partial charge in [-0.2, -0.15) is 0 Å². The highest BCUT2D eigenvalue weighted by molar-refractivity contribution is 6.94. The molecule has 4 aliphatic rings. The molecule has 4 heteroatoms. The van der Waals surface area contributed by atoms with E-state index < -0.39 is 0 Å². The molecule has 2 aliphatic carbocycles. The summed E-state index contributed by atoms with van der Waals surface area (Å²) in [5.74, 6) is 0. The predicted octanol–water partition coefficient (Wildman–Crippen LogP) is 15.4. The van der Waals surface area contributed by atoms with Crippen molar-refractivity contribution in [2.45, 2.75) is 156 Å². The molecule has 6 aromatic rings. The quantitative estimate of drug-likeness (QED) is 0.165. The van der Waals surface area contributed by atoms with E-state index in [0.29, 0.717) is 0 Å². The first-order chi connectivity index (χ1) is 30.1. The van der Waals surface area contributed by atoms with Gasteiger partial charge in [-0.15, -0.1) is 0 Å². The van der Waals surface area contributed by atoms with E-state index in [0.717, 1.165) is 24.1 Å². The van der Waals surface area contributed by atoms with E-state index in [1.54, 1.807) is 0 Å². The molecule has 0 spiro atoms. The lowest BCUT2D eigenvalue weighted by Crippen LogP contribution is -2.55. The molecular formula is C60H69BN2O. The Labute approximate surface area is 384 Å². The molecule has 0 saturated carbocycles. The number of benzene rings is 5. The van der Waals surface area contributed by atoms with Crippen molar-refractivity contribution in [1.29, 1.82) is 0 Å². The Kier molecular flexibility index (Phi) is 9.61. The number of hydrogen-bond donors (Lipinski definition) is 0. The SMILES string of the molecule is CC/C=C1\C2=C(C)N(c3cc4c(cc3-c3ccccc3)C(C)(C)CCC4(C)C)c3cc(C)ccc3B2c2oc3ccc(C(C)(C)C)cc3c2N1c1ccc2c(c1)C(C)(C)CCC2(C)C. The van der Waals surface area contributed by atoms with E-state index in [2.05, 4.69) is 210 Å². The van der Waals surface area contributed by atoms with Crippen LogP contribution in [0.5, 0.6) is 0 Å². The monoisotopic (exact) mass is 845 g/mol. The summed E-state index contributed by atoms with van der Waals surface area (Å²) in [6.45, 7) is 33.4. The number of furan rings is 1. The van der Waals surface area contributed by atoms with Crippen LogP contribution in [0.15, 0.2) is 124 Å². The van der Waals surface area contributed by atoms with Gasteiger partial charge in [0.15, 0.2) is 0 Å². The molecule has 64 heavy (non-hydrogen) atoms. The van der Waals surface area contributed by atoms with Gasteiger partial charge in [-0.1, -0.05) is 144 Å². The Morgan fingerprint density at radius 3 is 1.91 bits per heavy atom. The minimum atomic E-state index is -0.0948. The fourth-order valence-electron chi connectivity index (χ4n) is 11.9. The highest BCUT2D eigenvalue weighted by Gasteiger charge is 2.49. The lowest BCUT2D eigenvalue weighted by molar-refractivity contribution is 0.332. The molecule has 328 valence electrons. The average molecular weight is 845 g/mol. The maximum atomic E-state index is 7.36. The van der Waals surface area contributed by atoms with Gasteiger partial charge in [0.2, 0.25) is 0 Å². The maximum absolute atomic E-state index is 7.36. The van der Waals surface area contributed by atoms with Crippen LogP contribution in [0.2, 0.25) is 0 Å². The summed E-state index contributed by atoms with van der Waals surface area (Å²) in [5.41, 5.74) is 23.2. The molecular weight excluding hydrogens is 775 g/mol. The van der Waals surface area contributed by atoms with Crippen molar-refractivity contribution in [2.75, 3.05) is 9.80 Å². The van der Waals surface area contributed by atoms with Gasteiger partial charge in [0.1, 0.15) is 5.58 Å². The van der Waals surface area contributed by atoms with E-state index in [9.17, 15) is 0 Å². The van der Waals surface area contributed by atoms with Crippen LogP contribution in [0, 0.1) is 6.92 Å². The number of allylic oxidation sites excluding steroid dienone is 3. The van der Waals surface area contributed by atoms with Gasteiger partial charge in [0.25, 0.3) is 6.71 Å². The van der Waals surface area contributed by atoms with E-state index in [-0.39, 0.29) is 33.8 Å². The number of nitrogens with zero attached hydrogens (tertiary/aromatic N) is 2. The Bertz CT molecular complexity index is 2950. The molecule has 0 unspecified atom stereocenters. The third-order valence-corrected chi connectivity index (χ3v) is 16.1. The number of rotatable bonds is 4. The summed E-state index contributed by atoms with van der Waals surface area (Å²) in [6.07, 6.45) is 8.09. The predicted molar refractivity (Wildman–Crippen MR) is 275 cm³/mol. The molecule has 0 radical (unpaired) electrons. The second-order valence-electron chi connectivity index (χ2n) is 23.5. The lowest BCUT2D eigenvalue weighted by Gasteiger charge is -2.46. The van der Waals surface area contributed by atoms with Gasteiger partial charge < -0.3 is 14.2 Å². The lowest BCUT2D eigenvalue weighted by atomic mass is 9.34. The largest absolute Gasteiger partial charge is 0.468 e. The summed E-state index contributed by atoms with van der Waals surface area (Å²) in [4.78, 5) is 5.25. The summed E-state index contributed by atoms with van der Waals surface area (Å²) >= 11 is 0. The Morgan fingerprint density at radius 2 is 1.27 bits per heavy atom. The highest BCUT2D eigenvalue weighted by Crippen LogP contribution is 2.54. The second kappa shape index (κ2) is 14.4. The molecule has 0 fully saturated rings. The summed E-state index contributed by atoms with van der Waals surface area (Å²) in [5, 5.41) is 1.18. The first-order valence-corrected chi connectivity index (χ1v) is 24.2. The molecule has 10 rings (SSSR count). The van der Waals surface area contributed by atoms with Crippen LogP contribution in [0.3, 0.4) is 0 Å². The molecule has 0 N–H and O–H groups in total. The second-order valence-corrected chi connectivity index (χ2v) is 23.5. The van der Waals surface area contributed by atoms with Gasteiger partial charge >= 0.3 is 0 Å². The topological polar surface area (TPSA) is 19.6 Å². The molecule has 3 nitrogen and oxygen atoms in total. The molecule has 1 aromatic heterocycles. The summed E-state index contributed by atoms with van der Waals surface area (Å²) in [6, 6.07) is 37.8. The van der Waals surface area contributed by atoms with Gasteiger partial charge in [-0.25, -0.2) is 0 Å². The van der Waals surface area contributed by atoms with Crippen molar-refractivity contribution in [3.05, 3.63) is 153 Å². The molecule has 0 atom stereocenters. The third kappa shape index (κ3) is 6.51. The van der Waals surface area contributed by atoms with Crippen molar-refractivity contribution < 1.29 is 4.42 Å². The van der Waals surface area contributed by atoms with E-state index in [4.69, 9.17) is 4.42 Å². The minimum absolute atomic E-state index is 0.0202. The van der Waals surface area contributed by atoms with E-state index >= 15 is 0 Å². The number of hydrogen-bond acceptors (Lipinski definition) is 3. The Balaban J connectivity index is 1.32. The molecule has 0 saturated heterocycles. The summed E-state index contributed by atoms with van der Waals surface area (Å²) < 4.78 is 7.36. The van der Waals surface area contributed by atoms with Crippen LogP contribution in [-0.2, 0) is 27.1 Å². The summed E-state index contributed by atoms with van der Waals surface area (Å²) in [7, 11) is 0. The maximum Gasteiger partial charge on any atom is 0.296 e. The minimum Gasteiger partial charge on any atom is -0.468 e. The van der Waals surface area contributed by atoms with Crippen molar-refractivity contribution in [3.63, 3.8) is 0 Å². The average Bonchev–Trinajstić information content (AvgIpc) is 3.62. The number of aryl methyl sites for hydroxylation is 1. The first kappa shape index (κ1) is 42.7. The fourth-order valence-corrected chi connectivity index (χ4v) is 11.9. The van der Waals surface area contributed by atoms with Gasteiger partial charge in [0, 0.05) is 33.7 Å².